The molecule has 1 saturated carbocycles. The molecule has 0 bridgehead atoms. The summed E-state index contributed by atoms with van der Waals surface area (Å²) in [6.45, 7) is 7.04. The number of ether oxygens (including phenoxy) is 1. The Morgan fingerprint density at radius 3 is 1.61 bits per heavy atom. The van der Waals surface area contributed by atoms with Crippen molar-refractivity contribution in [2.45, 2.75) is 91.6 Å². The summed E-state index contributed by atoms with van der Waals surface area (Å²) < 4.78 is 12.2. The molecule has 0 unspecified atom stereocenters. The fourth-order valence-corrected chi connectivity index (χ4v) is 17.3. The summed E-state index contributed by atoms with van der Waals surface area (Å²) in [6, 6.07) is 0. The molecule has 1 aliphatic carbocycles. The normalized spacial score (nSPS) is 16.2. The van der Waals surface area contributed by atoms with Crippen LogP contribution in [0.2, 0.25) is 13.3 Å². The van der Waals surface area contributed by atoms with Crippen LogP contribution in [0.4, 0.5) is 0 Å². The van der Waals surface area contributed by atoms with Gasteiger partial charge in [0.1, 0.15) is 0 Å². The van der Waals surface area contributed by atoms with Crippen LogP contribution in [-0.2, 0) is 4.74 Å². The molecule has 0 atom stereocenters. The van der Waals surface area contributed by atoms with Crippen molar-refractivity contribution in [1.29, 1.82) is 0 Å². The molecule has 0 spiro atoms. The molecule has 2 heteroatoms. The van der Waals surface area contributed by atoms with Crippen molar-refractivity contribution in [3.63, 3.8) is 0 Å². The molecule has 0 radical (unpaired) electrons. The van der Waals surface area contributed by atoms with Crippen molar-refractivity contribution >= 4 is 18.4 Å². The van der Waals surface area contributed by atoms with Gasteiger partial charge in [0.05, 0.1) is 0 Å². The van der Waals surface area contributed by atoms with Gasteiger partial charge in [-0.05, 0) is 0 Å². The van der Waals surface area contributed by atoms with Crippen LogP contribution in [-0.4, -0.2) is 29.1 Å². The van der Waals surface area contributed by atoms with E-state index in [0.29, 0.717) is 6.10 Å². The first-order valence-corrected chi connectivity index (χ1v) is 16.4. The molecular weight excluding hydrogens is 327 g/mol. The predicted octanol–water partition coefficient (Wildman–Crippen LogP) is 5.55. The second kappa shape index (κ2) is 9.63. The van der Waals surface area contributed by atoms with Crippen LogP contribution < -0.4 is 0 Å². The minimum absolute atomic E-state index is 0.672. The molecule has 18 heavy (non-hydrogen) atoms. The Morgan fingerprint density at radius 1 is 0.833 bits per heavy atom. The van der Waals surface area contributed by atoms with Crippen LogP contribution in [0.3, 0.4) is 0 Å². The first kappa shape index (κ1) is 16.8. The monoisotopic (exact) mass is 362 g/mol. The third-order valence-corrected chi connectivity index (χ3v) is 18.7. The molecule has 0 heterocycles. The van der Waals surface area contributed by atoms with Gasteiger partial charge in [0, 0.05) is 0 Å². The average Bonchev–Trinajstić information content (AvgIpc) is 3.21. The Balaban J connectivity index is 2.49. The van der Waals surface area contributed by atoms with Crippen molar-refractivity contribution in [3.05, 3.63) is 0 Å². The van der Waals surface area contributed by atoms with Gasteiger partial charge >= 0.3 is 119 Å². The summed E-state index contributed by atoms with van der Waals surface area (Å²) in [7, 11) is 0. The summed E-state index contributed by atoms with van der Waals surface area (Å²) in [5, 5.41) is 0. The van der Waals surface area contributed by atoms with E-state index in [-0.39, 0.29) is 0 Å². The molecule has 1 rings (SSSR count). The molecule has 1 nitrogen and oxygen atoms in total. The number of rotatable bonds is 12. The zero-order chi connectivity index (χ0) is 13.3. The van der Waals surface area contributed by atoms with Crippen molar-refractivity contribution < 1.29 is 4.74 Å². The van der Waals surface area contributed by atoms with E-state index in [1.807, 2.05) is 0 Å². The second-order valence-electron chi connectivity index (χ2n) is 6.32. The molecule has 0 aromatic heterocycles. The van der Waals surface area contributed by atoms with E-state index in [1.165, 1.54) is 56.0 Å². The fourth-order valence-electron chi connectivity index (χ4n) is 2.78. The molecule has 1 aliphatic rings. The van der Waals surface area contributed by atoms with E-state index < -0.39 is 18.4 Å². The second-order valence-corrected chi connectivity index (χ2v) is 20.0. The molecule has 0 aromatic carbocycles. The van der Waals surface area contributed by atoms with Crippen LogP contribution in [0.5, 0.6) is 0 Å². The van der Waals surface area contributed by atoms with E-state index in [0.717, 1.165) is 0 Å². The van der Waals surface area contributed by atoms with Crippen LogP contribution in [0.1, 0.15) is 72.1 Å². The first-order chi connectivity index (χ1) is 8.76. The van der Waals surface area contributed by atoms with E-state index >= 15 is 0 Å². The number of unbranched alkanes of at least 4 members (excludes halogenated alkanes) is 3. The summed E-state index contributed by atoms with van der Waals surface area (Å²) in [6.07, 6.45) is 11.9. The van der Waals surface area contributed by atoms with Gasteiger partial charge in [-0.1, -0.05) is 0 Å². The molecule has 0 N–H and O–H groups in total. The number of hydrogen-bond donors (Lipinski definition) is 0. The summed E-state index contributed by atoms with van der Waals surface area (Å²) in [4.78, 5) is 0. The van der Waals surface area contributed by atoms with Crippen molar-refractivity contribution in [2.24, 2.45) is 0 Å². The number of hydrogen-bond acceptors (Lipinski definition) is 1. The maximum atomic E-state index is 6.20. The summed E-state index contributed by atoms with van der Waals surface area (Å²) >= 11 is -1.93. The molecule has 0 saturated heterocycles. The Kier molecular flexibility index (Phi) is 8.99. The SMILES string of the molecule is CCC[CH2][Sn]([CH2]CCC)([CH2]CCC)[CH2]OC1CC1. The molecule has 108 valence electrons. The zero-order valence-corrected chi connectivity index (χ0v) is 15.8. The van der Waals surface area contributed by atoms with E-state index in [1.54, 1.807) is 13.3 Å². The van der Waals surface area contributed by atoms with Gasteiger partial charge in [0.25, 0.3) is 0 Å². The molecule has 1 fully saturated rings. The third kappa shape index (κ3) is 6.79. The predicted molar refractivity (Wildman–Crippen MR) is 83.9 cm³/mol. The van der Waals surface area contributed by atoms with Gasteiger partial charge in [0.2, 0.25) is 0 Å². The van der Waals surface area contributed by atoms with Gasteiger partial charge in [-0.15, -0.1) is 0 Å². The van der Waals surface area contributed by atoms with Gasteiger partial charge in [-0.25, -0.2) is 0 Å². The van der Waals surface area contributed by atoms with Gasteiger partial charge in [0.15, 0.2) is 0 Å². The van der Waals surface area contributed by atoms with Crippen LogP contribution >= 0.6 is 0 Å². The van der Waals surface area contributed by atoms with Crippen molar-refractivity contribution in [2.75, 3.05) is 4.62 Å². The summed E-state index contributed by atoms with van der Waals surface area (Å²) in [5.74, 6) is 0. The molecule has 0 amide bonds. The zero-order valence-electron chi connectivity index (χ0n) is 13.0. The fraction of sp³-hybridized carbons (Fsp3) is 1.00. The standard InChI is InChI=1S/C4H7O.3C4H9.Sn/c1-5-4-2-3-4;3*1-3-4-2;/h4H,1-3H2;3*1,3-4H2,2H3;. The van der Waals surface area contributed by atoms with Crippen molar-refractivity contribution in [1.82, 2.24) is 0 Å². The third-order valence-electron chi connectivity index (χ3n) is 4.33. The Morgan fingerprint density at radius 2 is 1.28 bits per heavy atom. The summed E-state index contributed by atoms with van der Waals surface area (Å²) in [5.41, 5.74) is 0. The van der Waals surface area contributed by atoms with E-state index in [4.69, 9.17) is 4.74 Å². The van der Waals surface area contributed by atoms with Gasteiger partial charge in [-0.2, -0.15) is 0 Å². The average molecular weight is 361 g/mol. The van der Waals surface area contributed by atoms with E-state index in [9.17, 15) is 0 Å². The van der Waals surface area contributed by atoms with Crippen LogP contribution in [0.25, 0.3) is 0 Å². The maximum absolute atomic E-state index is 6.20. The molecule has 0 aliphatic heterocycles. The van der Waals surface area contributed by atoms with Gasteiger partial charge < -0.3 is 0 Å². The Hall–Kier alpha value is 0.759. The topological polar surface area (TPSA) is 9.23 Å². The minimum atomic E-state index is -1.93. The Bertz CT molecular complexity index is 179. The van der Waals surface area contributed by atoms with Gasteiger partial charge in [-0.3, -0.25) is 0 Å². The van der Waals surface area contributed by atoms with Crippen LogP contribution in [0.15, 0.2) is 0 Å². The molecule has 0 aromatic rings. The quantitative estimate of drug-likeness (QED) is 0.414. The Labute approximate surface area is 119 Å². The van der Waals surface area contributed by atoms with E-state index in [2.05, 4.69) is 20.8 Å². The van der Waals surface area contributed by atoms with Crippen molar-refractivity contribution in [3.8, 4) is 0 Å². The molecular formula is C16H34OSn. The first-order valence-electron chi connectivity index (χ1n) is 8.38. The van der Waals surface area contributed by atoms with Crippen LogP contribution in [0, 0.1) is 0 Å².